The average Bonchev–Trinajstić information content (AvgIpc) is 2.09. The summed E-state index contributed by atoms with van der Waals surface area (Å²) in [4.78, 5) is 0. The molecule has 0 spiro atoms. The summed E-state index contributed by atoms with van der Waals surface area (Å²) in [5, 5.41) is 0.656. The van der Waals surface area contributed by atoms with Crippen molar-refractivity contribution in [3.05, 3.63) is 41.4 Å². The molecule has 0 aliphatic heterocycles. The van der Waals surface area contributed by atoms with Gasteiger partial charge in [-0.15, -0.1) is 19.0 Å². The molecule has 0 heterocycles. The summed E-state index contributed by atoms with van der Waals surface area (Å²) in [5.41, 5.74) is 13.2. The Morgan fingerprint density at radius 2 is 2.14 bits per heavy atom. The third kappa shape index (κ3) is 3.22. The standard InChI is InChI=1S/C10H13ClN2.ClH/c1-2-3-9(12)8-6-7(11)4-5-10(8)13;/h2,4-6,9H,1,3,12-13H2;1H/t9-;/m1./s1. The van der Waals surface area contributed by atoms with Crippen LogP contribution in [0.2, 0.25) is 5.02 Å². The number of benzene rings is 1. The lowest BCUT2D eigenvalue weighted by Gasteiger charge is -2.12. The maximum Gasteiger partial charge on any atom is 0.0410 e. The van der Waals surface area contributed by atoms with Crippen molar-refractivity contribution in [2.24, 2.45) is 5.73 Å². The van der Waals surface area contributed by atoms with Crippen LogP contribution in [0.5, 0.6) is 0 Å². The van der Waals surface area contributed by atoms with Crippen LogP contribution in [0.1, 0.15) is 18.0 Å². The molecule has 0 aliphatic rings. The highest BCUT2D eigenvalue weighted by molar-refractivity contribution is 6.30. The van der Waals surface area contributed by atoms with Crippen LogP contribution in [0.15, 0.2) is 30.9 Å². The Balaban J connectivity index is 0.00000169. The minimum absolute atomic E-state index is 0. The van der Waals surface area contributed by atoms with Crippen LogP contribution in [0.25, 0.3) is 0 Å². The summed E-state index contributed by atoms with van der Waals surface area (Å²) in [6.07, 6.45) is 2.47. The van der Waals surface area contributed by atoms with E-state index in [4.69, 9.17) is 23.1 Å². The molecule has 0 bridgehead atoms. The highest BCUT2D eigenvalue weighted by Gasteiger charge is 2.07. The minimum atomic E-state index is -0.115. The molecule has 4 heteroatoms. The van der Waals surface area contributed by atoms with Gasteiger partial charge in [0.1, 0.15) is 0 Å². The normalized spacial score (nSPS) is 11.6. The molecule has 0 radical (unpaired) electrons. The van der Waals surface area contributed by atoms with Crippen molar-refractivity contribution >= 4 is 29.7 Å². The molecule has 0 aromatic heterocycles. The Hall–Kier alpha value is -0.700. The maximum atomic E-state index is 5.87. The van der Waals surface area contributed by atoms with Gasteiger partial charge in [0.05, 0.1) is 0 Å². The van der Waals surface area contributed by atoms with Crippen LogP contribution >= 0.6 is 24.0 Å². The Kier molecular flexibility index (Phi) is 5.62. The van der Waals surface area contributed by atoms with E-state index in [1.54, 1.807) is 24.3 Å². The molecule has 0 amide bonds. The zero-order valence-corrected chi connectivity index (χ0v) is 9.31. The molecular weight excluding hydrogens is 219 g/mol. The Bertz CT molecular complexity index is 313. The predicted molar refractivity (Wildman–Crippen MR) is 64.9 cm³/mol. The molecule has 78 valence electrons. The topological polar surface area (TPSA) is 52.0 Å². The molecule has 0 unspecified atom stereocenters. The second-order valence-corrected chi connectivity index (χ2v) is 3.34. The number of nitrogens with two attached hydrogens (primary N) is 2. The molecule has 4 N–H and O–H groups in total. The summed E-state index contributed by atoms with van der Waals surface area (Å²) in [6, 6.07) is 5.20. The highest BCUT2D eigenvalue weighted by atomic mass is 35.5. The first-order valence-electron chi connectivity index (χ1n) is 4.06. The van der Waals surface area contributed by atoms with Crippen molar-refractivity contribution in [1.82, 2.24) is 0 Å². The third-order valence-corrected chi connectivity index (χ3v) is 2.10. The van der Waals surface area contributed by atoms with Crippen LogP contribution in [-0.4, -0.2) is 0 Å². The first kappa shape index (κ1) is 13.3. The summed E-state index contributed by atoms with van der Waals surface area (Å²) in [6.45, 7) is 3.62. The Morgan fingerprint density at radius 1 is 1.50 bits per heavy atom. The minimum Gasteiger partial charge on any atom is -0.398 e. The summed E-state index contributed by atoms with van der Waals surface area (Å²) in [5.74, 6) is 0. The summed E-state index contributed by atoms with van der Waals surface area (Å²) < 4.78 is 0. The monoisotopic (exact) mass is 232 g/mol. The van der Waals surface area contributed by atoms with Crippen molar-refractivity contribution in [3.8, 4) is 0 Å². The molecular formula is C10H14Cl2N2. The number of hydrogen-bond donors (Lipinski definition) is 2. The number of rotatable bonds is 3. The fourth-order valence-corrected chi connectivity index (χ4v) is 1.35. The molecule has 0 aliphatic carbocycles. The fraction of sp³-hybridized carbons (Fsp3) is 0.200. The smallest absolute Gasteiger partial charge is 0.0410 e. The lowest BCUT2D eigenvalue weighted by Crippen LogP contribution is -2.11. The zero-order chi connectivity index (χ0) is 9.84. The first-order chi connectivity index (χ1) is 6.15. The molecule has 0 saturated heterocycles. The predicted octanol–water partition coefficient (Wildman–Crippen LogP) is 2.92. The highest BCUT2D eigenvalue weighted by Crippen LogP contribution is 2.24. The van der Waals surface area contributed by atoms with Gasteiger partial charge in [-0.1, -0.05) is 17.7 Å². The van der Waals surface area contributed by atoms with Gasteiger partial charge in [-0.2, -0.15) is 0 Å². The summed E-state index contributed by atoms with van der Waals surface area (Å²) >= 11 is 5.82. The number of anilines is 1. The van der Waals surface area contributed by atoms with E-state index in [0.29, 0.717) is 17.1 Å². The van der Waals surface area contributed by atoms with Gasteiger partial charge in [-0.25, -0.2) is 0 Å². The molecule has 2 nitrogen and oxygen atoms in total. The summed E-state index contributed by atoms with van der Waals surface area (Å²) in [7, 11) is 0. The molecule has 0 fully saturated rings. The fourth-order valence-electron chi connectivity index (χ4n) is 1.17. The van der Waals surface area contributed by atoms with E-state index >= 15 is 0 Å². The van der Waals surface area contributed by atoms with E-state index in [1.807, 2.05) is 0 Å². The van der Waals surface area contributed by atoms with Crippen LogP contribution in [0, 0.1) is 0 Å². The largest absolute Gasteiger partial charge is 0.398 e. The molecule has 14 heavy (non-hydrogen) atoms. The molecule has 1 rings (SSSR count). The molecule has 1 atom stereocenters. The van der Waals surface area contributed by atoms with Crippen LogP contribution in [-0.2, 0) is 0 Å². The van der Waals surface area contributed by atoms with E-state index in [2.05, 4.69) is 6.58 Å². The quantitative estimate of drug-likeness (QED) is 0.622. The van der Waals surface area contributed by atoms with E-state index in [-0.39, 0.29) is 18.4 Å². The number of nitrogen functional groups attached to an aromatic ring is 1. The van der Waals surface area contributed by atoms with Crippen LogP contribution in [0.4, 0.5) is 5.69 Å². The van der Waals surface area contributed by atoms with Crippen molar-refractivity contribution in [3.63, 3.8) is 0 Å². The number of hydrogen-bond acceptors (Lipinski definition) is 2. The lowest BCUT2D eigenvalue weighted by molar-refractivity contribution is 0.744. The Labute approximate surface area is 95.3 Å². The van der Waals surface area contributed by atoms with Crippen molar-refractivity contribution < 1.29 is 0 Å². The Morgan fingerprint density at radius 3 is 2.71 bits per heavy atom. The van der Waals surface area contributed by atoms with Gasteiger partial charge in [0.15, 0.2) is 0 Å². The van der Waals surface area contributed by atoms with Gasteiger partial charge >= 0.3 is 0 Å². The van der Waals surface area contributed by atoms with E-state index in [1.165, 1.54) is 0 Å². The van der Waals surface area contributed by atoms with Gasteiger partial charge in [0, 0.05) is 16.8 Å². The lowest BCUT2D eigenvalue weighted by atomic mass is 10.0. The molecule has 1 aromatic rings. The van der Waals surface area contributed by atoms with Crippen molar-refractivity contribution in [1.29, 1.82) is 0 Å². The van der Waals surface area contributed by atoms with Gasteiger partial charge in [0.25, 0.3) is 0 Å². The first-order valence-corrected chi connectivity index (χ1v) is 4.44. The van der Waals surface area contributed by atoms with Crippen molar-refractivity contribution in [2.75, 3.05) is 5.73 Å². The van der Waals surface area contributed by atoms with Crippen molar-refractivity contribution in [2.45, 2.75) is 12.5 Å². The van der Waals surface area contributed by atoms with E-state index in [9.17, 15) is 0 Å². The number of halogens is 2. The average molecular weight is 233 g/mol. The van der Waals surface area contributed by atoms with Crippen LogP contribution in [0.3, 0.4) is 0 Å². The van der Waals surface area contributed by atoms with Crippen LogP contribution < -0.4 is 11.5 Å². The van der Waals surface area contributed by atoms with Gasteiger partial charge in [0.2, 0.25) is 0 Å². The third-order valence-electron chi connectivity index (χ3n) is 1.87. The molecule has 0 saturated carbocycles. The maximum absolute atomic E-state index is 5.87. The van der Waals surface area contributed by atoms with Gasteiger partial charge in [-0.05, 0) is 30.2 Å². The van der Waals surface area contributed by atoms with E-state index < -0.39 is 0 Å². The van der Waals surface area contributed by atoms with E-state index in [0.717, 1.165) is 5.56 Å². The zero-order valence-electron chi connectivity index (χ0n) is 7.74. The SMILES string of the molecule is C=CC[C@@H](N)c1cc(Cl)ccc1N.Cl. The second-order valence-electron chi connectivity index (χ2n) is 2.90. The van der Waals surface area contributed by atoms with Gasteiger partial charge < -0.3 is 11.5 Å². The molecule has 1 aromatic carbocycles. The van der Waals surface area contributed by atoms with Gasteiger partial charge in [-0.3, -0.25) is 0 Å². The second kappa shape index (κ2) is 5.91.